The number of likely N-dealkylation sites (N-methyl/N-ethyl adjacent to an activating group) is 1. The molecule has 2 amide bonds. The van der Waals surface area contributed by atoms with Crippen LogP contribution in [-0.4, -0.2) is 66.2 Å². The van der Waals surface area contributed by atoms with Gasteiger partial charge >= 0.3 is 12.1 Å². The molecule has 3 rings (SSSR count). The van der Waals surface area contributed by atoms with Gasteiger partial charge in [0.25, 0.3) is 5.91 Å². The van der Waals surface area contributed by atoms with Crippen molar-refractivity contribution in [1.29, 1.82) is 5.41 Å². The van der Waals surface area contributed by atoms with E-state index in [1.54, 1.807) is 49.4 Å². The molecule has 0 aliphatic carbocycles. The Labute approximate surface area is 184 Å². The number of ether oxygens (including phenoxy) is 2. The normalized spacial score (nSPS) is 15.2. The van der Waals surface area contributed by atoms with Gasteiger partial charge in [-0.15, -0.1) is 0 Å². The van der Waals surface area contributed by atoms with Crippen LogP contribution in [0.25, 0.3) is 0 Å². The average molecular weight is 440 g/mol. The molecular formula is C22H24N4O6. The molecule has 1 aliphatic rings. The van der Waals surface area contributed by atoms with Gasteiger partial charge in [-0.1, -0.05) is 6.07 Å². The van der Waals surface area contributed by atoms with Crippen LogP contribution < -0.4 is 15.4 Å². The minimum absolute atomic E-state index is 0.0578. The van der Waals surface area contributed by atoms with Crippen molar-refractivity contribution in [3.63, 3.8) is 0 Å². The number of nitrogens with two attached hydrogens (primary N) is 1. The standard InChI is InChI=1S/C22H24N4O6/c1-2-25(12-19(27)28)21(29)15-4-3-5-17(10-15)31-13-18-11-26(22(30)32-18)16-8-6-14(7-9-16)20(23)24/h3-10,18H,2,11-13H2,1H3,(H3,23,24)(H,27,28). The molecule has 0 saturated carbocycles. The van der Waals surface area contributed by atoms with Crippen molar-refractivity contribution in [1.82, 2.24) is 4.90 Å². The summed E-state index contributed by atoms with van der Waals surface area (Å²) in [4.78, 5) is 38.4. The monoisotopic (exact) mass is 440 g/mol. The number of hydrogen-bond acceptors (Lipinski definition) is 6. The molecule has 1 fully saturated rings. The topological polar surface area (TPSA) is 146 Å². The highest BCUT2D eigenvalue weighted by Gasteiger charge is 2.33. The summed E-state index contributed by atoms with van der Waals surface area (Å²) >= 11 is 0. The zero-order valence-electron chi connectivity index (χ0n) is 17.5. The number of carboxylic acid groups (broad SMARTS) is 1. The van der Waals surface area contributed by atoms with E-state index in [1.165, 1.54) is 15.9 Å². The molecule has 1 saturated heterocycles. The maximum absolute atomic E-state index is 12.5. The molecule has 1 unspecified atom stereocenters. The van der Waals surface area contributed by atoms with Crippen LogP contribution in [0.2, 0.25) is 0 Å². The average Bonchev–Trinajstić information content (AvgIpc) is 3.16. The third-order valence-electron chi connectivity index (χ3n) is 4.88. The van der Waals surface area contributed by atoms with E-state index in [9.17, 15) is 14.4 Å². The number of nitrogens with one attached hydrogen (secondary N) is 1. The van der Waals surface area contributed by atoms with Gasteiger partial charge in [0.05, 0.1) is 6.54 Å². The smallest absolute Gasteiger partial charge is 0.414 e. The maximum Gasteiger partial charge on any atom is 0.414 e. The van der Waals surface area contributed by atoms with E-state index in [1.807, 2.05) is 0 Å². The van der Waals surface area contributed by atoms with E-state index in [0.29, 0.717) is 22.6 Å². The van der Waals surface area contributed by atoms with Crippen LogP contribution in [0.3, 0.4) is 0 Å². The Bertz CT molecular complexity index is 1020. The molecule has 0 bridgehead atoms. The number of carbonyl (C=O) groups excluding carboxylic acids is 2. The number of carboxylic acids is 1. The quantitative estimate of drug-likeness (QED) is 0.399. The van der Waals surface area contributed by atoms with Crippen molar-refractivity contribution in [2.45, 2.75) is 13.0 Å². The van der Waals surface area contributed by atoms with E-state index in [-0.39, 0.29) is 32.1 Å². The first kappa shape index (κ1) is 22.6. The van der Waals surface area contributed by atoms with E-state index in [4.69, 9.17) is 25.7 Å². The van der Waals surface area contributed by atoms with Crippen molar-refractivity contribution in [3.05, 3.63) is 59.7 Å². The van der Waals surface area contributed by atoms with Gasteiger partial charge in [0.15, 0.2) is 6.10 Å². The molecule has 0 spiro atoms. The van der Waals surface area contributed by atoms with Gasteiger partial charge in [0.2, 0.25) is 0 Å². The van der Waals surface area contributed by atoms with Crippen LogP contribution in [-0.2, 0) is 9.53 Å². The van der Waals surface area contributed by atoms with E-state index in [0.717, 1.165) is 0 Å². The van der Waals surface area contributed by atoms with Crippen LogP contribution >= 0.6 is 0 Å². The van der Waals surface area contributed by atoms with Gasteiger partial charge in [-0.25, -0.2) is 4.79 Å². The maximum atomic E-state index is 12.5. The Morgan fingerprint density at radius 3 is 2.59 bits per heavy atom. The highest BCUT2D eigenvalue weighted by Crippen LogP contribution is 2.23. The molecule has 2 aromatic rings. The Hall–Kier alpha value is -4.08. The predicted molar refractivity (Wildman–Crippen MR) is 116 cm³/mol. The third kappa shape index (κ3) is 5.34. The van der Waals surface area contributed by atoms with E-state index < -0.39 is 24.1 Å². The molecule has 1 aliphatic heterocycles. The zero-order chi connectivity index (χ0) is 23.3. The molecule has 4 N–H and O–H groups in total. The number of hydrogen-bond donors (Lipinski definition) is 3. The third-order valence-corrected chi connectivity index (χ3v) is 4.88. The number of rotatable bonds is 9. The first-order valence-corrected chi connectivity index (χ1v) is 9.95. The highest BCUT2D eigenvalue weighted by atomic mass is 16.6. The van der Waals surface area contributed by atoms with Gasteiger partial charge in [-0.05, 0) is 49.4 Å². The van der Waals surface area contributed by atoms with Crippen LogP contribution in [0, 0.1) is 5.41 Å². The van der Waals surface area contributed by atoms with E-state index >= 15 is 0 Å². The van der Waals surface area contributed by atoms with Crippen LogP contribution in [0.4, 0.5) is 10.5 Å². The molecule has 10 nitrogen and oxygen atoms in total. The molecule has 2 aromatic carbocycles. The second kappa shape index (κ2) is 9.82. The highest BCUT2D eigenvalue weighted by molar-refractivity contribution is 5.97. The largest absolute Gasteiger partial charge is 0.490 e. The minimum atomic E-state index is -1.09. The Kier molecular flexibility index (Phi) is 6.93. The fourth-order valence-electron chi connectivity index (χ4n) is 3.22. The van der Waals surface area contributed by atoms with Crippen LogP contribution in [0.5, 0.6) is 5.75 Å². The molecule has 0 aromatic heterocycles. The fraction of sp³-hybridized carbons (Fsp3) is 0.273. The molecular weight excluding hydrogens is 416 g/mol. The molecule has 1 atom stereocenters. The number of cyclic esters (lactones) is 1. The van der Waals surface area contributed by atoms with Gasteiger partial charge < -0.3 is 25.2 Å². The summed E-state index contributed by atoms with van der Waals surface area (Å²) in [7, 11) is 0. The number of amides is 2. The summed E-state index contributed by atoms with van der Waals surface area (Å²) in [5.74, 6) is -1.15. The second-order valence-electron chi connectivity index (χ2n) is 7.13. The summed E-state index contributed by atoms with van der Waals surface area (Å²) in [6, 6.07) is 13.1. The lowest BCUT2D eigenvalue weighted by Crippen LogP contribution is -2.35. The van der Waals surface area contributed by atoms with Crippen molar-refractivity contribution >= 4 is 29.5 Å². The van der Waals surface area contributed by atoms with Gasteiger partial charge in [-0.2, -0.15) is 0 Å². The predicted octanol–water partition coefficient (Wildman–Crippen LogP) is 1.92. The number of carbonyl (C=O) groups is 3. The van der Waals surface area contributed by atoms with Gasteiger partial charge in [0, 0.05) is 23.4 Å². The SMILES string of the molecule is CCN(CC(=O)O)C(=O)c1cccc(OCC2CN(c3ccc(C(=N)N)cc3)C(=O)O2)c1. The van der Waals surface area contributed by atoms with Crippen molar-refractivity contribution in [2.24, 2.45) is 5.73 Å². The summed E-state index contributed by atoms with van der Waals surface area (Å²) < 4.78 is 11.1. The second-order valence-corrected chi connectivity index (χ2v) is 7.13. The van der Waals surface area contributed by atoms with Crippen molar-refractivity contribution in [2.75, 3.05) is 31.1 Å². The summed E-state index contributed by atoms with van der Waals surface area (Å²) in [6.07, 6.45) is -1.03. The van der Waals surface area contributed by atoms with E-state index in [2.05, 4.69) is 0 Å². The molecule has 10 heteroatoms. The van der Waals surface area contributed by atoms with Crippen LogP contribution in [0.15, 0.2) is 48.5 Å². The Balaban J connectivity index is 1.61. The summed E-state index contributed by atoms with van der Waals surface area (Å²) in [5.41, 5.74) is 6.93. The van der Waals surface area contributed by atoms with Crippen molar-refractivity contribution < 1.29 is 29.0 Å². The first-order valence-electron chi connectivity index (χ1n) is 9.95. The number of amidine groups is 1. The molecule has 1 heterocycles. The lowest BCUT2D eigenvalue weighted by molar-refractivity contribution is -0.137. The Morgan fingerprint density at radius 2 is 1.97 bits per heavy atom. The minimum Gasteiger partial charge on any atom is -0.490 e. The lowest BCUT2D eigenvalue weighted by Gasteiger charge is -2.19. The Morgan fingerprint density at radius 1 is 1.25 bits per heavy atom. The molecule has 32 heavy (non-hydrogen) atoms. The summed E-state index contributed by atoms with van der Waals surface area (Å²) in [6.45, 7) is 1.94. The number of anilines is 1. The molecule has 0 radical (unpaired) electrons. The number of nitrogen functional groups attached to an aromatic ring is 1. The van der Waals surface area contributed by atoms with Crippen molar-refractivity contribution in [3.8, 4) is 5.75 Å². The fourth-order valence-corrected chi connectivity index (χ4v) is 3.22. The molecule has 168 valence electrons. The number of benzene rings is 2. The lowest BCUT2D eigenvalue weighted by atomic mass is 10.2. The van der Waals surface area contributed by atoms with Gasteiger partial charge in [0.1, 0.15) is 24.7 Å². The summed E-state index contributed by atoms with van der Waals surface area (Å²) in [5, 5.41) is 16.4. The van der Waals surface area contributed by atoms with Crippen LogP contribution in [0.1, 0.15) is 22.8 Å². The van der Waals surface area contributed by atoms with Gasteiger partial charge in [-0.3, -0.25) is 19.9 Å². The number of nitrogens with zero attached hydrogens (tertiary/aromatic N) is 2. The number of aliphatic carboxylic acids is 1. The zero-order valence-corrected chi connectivity index (χ0v) is 17.5. The first-order chi connectivity index (χ1) is 15.3.